The molecule has 0 atom stereocenters. The number of rotatable bonds is 7. The molecule has 2 N–H and O–H groups in total. The Labute approximate surface area is 189 Å². The average molecular weight is 489 g/mol. The monoisotopic (exact) mass is 488 g/mol. The minimum absolute atomic E-state index is 0.0252. The summed E-state index contributed by atoms with van der Waals surface area (Å²) in [5.74, 6) is -0.529. The van der Waals surface area contributed by atoms with E-state index in [4.69, 9.17) is 23.2 Å². The van der Waals surface area contributed by atoms with Gasteiger partial charge < -0.3 is 0 Å². The van der Waals surface area contributed by atoms with Gasteiger partial charge in [-0.05, 0) is 50.9 Å². The average Bonchev–Trinajstić information content (AvgIpc) is 3.39. The topological polar surface area (TPSA) is 91.4 Å². The van der Waals surface area contributed by atoms with Gasteiger partial charge in [0.05, 0.1) is 21.3 Å². The van der Waals surface area contributed by atoms with Gasteiger partial charge >= 0.3 is 0 Å². The van der Waals surface area contributed by atoms with Gasteiger partial charge in [0.25, 0.3) is 5.91 Å². The second-order valence-corrected chi connectivity index (χ2v) is 10.9. The molecule has 1 amide bonds. The van der Waals surface area contributed by atoms with Crippen LogP contribution in [0.15, 0.2) is 22.4 Å². The Bertz CT molecular complexity index is 1050. The van der Waals surface area contributed by atoms with E-state index in [1.807, 2.05) is 5.38 Å². The number of nitrogens with zero attached hydrogens (tertiary/aromatic N) is 2. The van der Waals surface area contributed by atoms with Crippen molar-refractivity contribution in [1.82, 2.24) is 14.6 Å². The third kappa shape index (κ3) is 5.33. The molecule has 0 spiro atoms. The van der Waals surface area contributed by atoms with Crippen molar-refractivity contribution in [1.29, 1.82) is 0 Å². The SMILES string of the molecule is O=C(Nc1nc(CN2CCCCC2)cs1)c1cc(S(=O)(=O)NC2CC2)c(Cl)cc1Cl. The summed E-state index contributed by atoms with van der Waals surface area (Å²) >= 11 is 13.6. The van der Waals surface area contributed by atoms with Crippen molar-refractivity contribution in [3.05, 3.63) is 38.8 Å². The number of hydrogen-bond donors (Lipinski definition) is 2. The largest absolute Gasteiger partial charge is 0.298 e. The molecule has 1 aliphatic heterocycles. The van der Waals surface area contributed by atoms with Crippen molar-refractivity contribution in [2.24, 2.45) is 0 Å². The van der Waals surface area contributed by atoms with Crippen LogP contribution in [-0.2, 0) is 16.6 Å². The molecule has 1 saturated carbocycles. The fourth-order valence-corrected chi connectivity index (χ4v) is 6.20. The Kier molecular flexibility index (Phi) is 6.67. The molecule has 0 bridgehead atoms. The highest BCUT2D eigenvalue weighted by molar-refractivity contribution is 7.89. The highest BCUT2D eigenvalue weighted by Crippen LogP contribution is 2.31. The molecular formula is C19H22Cl2N4O3S2. The van der Waals surface area contributed by atoms with Crippen LogP contribution in [0.2, 0.25) is 10.0 Å². The van der Waals surface area contributed by atoms with E-state index < -0.39 is 15.9 Å². The van der Waals surface area contributed by atoms with Crippen LogP contribution in [0.1, 0.15) is 48.2 Å². The number of likely N-dealkylation sites (tertiary alicyclic amines) is 1. The number of carbonyl (C=O) groups excluding carboxylic acids is 1. The van der Waals surface area contributed by atoms with Gasteiger partial charge in [0.1, 0.15) is 4.90 Å². The van der Waals surface area contributed by atoms with Crippen LogP contribution in [0.25, 0.3) is 0 Å². The van der Waals surface area contributed by atoms with E-state index in [1.165, 1.54) is 42.7 Å². The predicted octanol–water partition coefficient (Wildman–Crippen LogP) is 4.13. The zero-order valence-corrected chi connectivity index (χ0v) is 19.3. The van der Waals surface area contributed by atoms with Crippen molar-refractivity contribution < 1.29 is 13.2 Å². The van der Waals surface area contributed by atoms with Crippen LogP contribution in [0.4, 0.5) is 5.13 Å². The predicted molar refractivity (Wildman–Crippen MR) is 119 cm³/mol. The molecule has 0 radical (unpaired) electrons. The van der Waals surface area contributed by atoms with Gasteiger partial charge in [0.2, 0.25) is 10.0 Å². The van der Waals surface area contributed by atoms with Crippen molar-refractivity contribution in [2.75, 3.05) is 18.4 Å². The second-order valence-electron chi connectivity index (χ2n) is 7.59. The van der Waals surface area contributed by atoms with Crippen LogP contribution in [0.5, 0.6) is 0 Å². The zero-order chi connectivity index (χ0) is 21.3. The first-order valence-corrected chi connectivity index (χ1v) is 12.9. The first kappa shape index (κ1) is 22.0. The molecule has 11 heteroatoms. The van der Waals surface area contributed by atoms with Gasteiger partial charge in [-0.2, -0.15) is 0 Å². The van der Waals surface area contributed by atoms with Gasteiger partial charge in [-0.25, -0.2) is 18.1 Å². The Morgan fingerprint density at radius 3 is 2.60 bits per heavy atom. The molecule has 30 heavy (non-hydrogen) atoms. The smallest absolute Gasteiger partial charge is 0.259 e. The van der Waals surface area contributed by atoms with Crippen LogP contribution < -0.4 is 10.0 Å². The van der Waals surface area contributed by atoms with E-state index >= 15 is 0 Å². The summed E-state index contributed by atoms with van der Waals surface area (Å²) in [5, 5.41) is 5.13. The van der Waals surface area contributed by atoms with Gasteiger partial charge in [-0.15, -0.1) is 11.3 Å². The second kappa shape index (κ2) is 9.10. The number of thiazole rings is 1. The molecule has 0 unspecified atom stereocenters. The van der Waals surface area contributed by atoms with E-state index in [2.05, 4.69) is 19.9 Å². The summed E-state index contributed by atoms with van der Waals surface area (Å²) in [6.45, 7) is 2.88. The maximum absolute atomic E-state index is 12.8. The highest BCUT2D eigenvalue weighted by Gasteiger charge is 2.30. The van der Waals surface area contributed by atoms with Crippen LogP contribution in [0, 0.1) is 0 Å². The Balaban J connectivity index is 1.48. The highest BCUT2D eigenvalue weighted by atomic mass is 35.5. The number of hydrogen-bond acceptors (Lipinski definition) is 6. The van der Waals surface area contributed by atoms with E-state index in [-0.39, 0.29) is 26.5 Å². The lowest BCUT2D eigenvalue weighted by Crippen LogP contribution is -2.29. The van der Waals surface area contributed by atoms with Gasteiger partial charge in [-0.1, -0.05) is 29.6 Å². The third-order valence-corrected chi connectivity index (χ3v) is 8.17. The summed E-state index contributed by atoms with van der Waals surface area (Å²) in [6.07, 6.45) is 5.25. The molecule has 162 valence electrons. The summed E-state index contributed by atoms with van der Waals surface area (Å²) in [5.41, 5.74) is 0.932. The molecule has 4 rings (SSSR count). The Morgan fingerprint density at radius 2 is 1.90 bits per heavy atom. The number of carbonyl (C=O) groups is 1. The fourth-order valence-electron chi connectivity index (χ4n) is 3.34. The van der Waals surface area contributed by atoms with Crippen LogP contribution in [0.3, 0.4) is 0 Å². The van der Waals surface area contributed by atoms with Crippen LogP contribution in [-0.4, -0.2) is 43.3 Å². The van der Waals surface area contributed by atoms with Gasteiger partial charge in [0, 0.05) is 18.0 Å². The third-order valence-electron chi connectivity index (χ3n) is 5.06. The summed E-state index contributed by atoms with van der Waals surface area (Å²) < 4.78 is 27.7. The van der Waals surface area contributed by atoms with E-state index in [1.54, 1.807) is 0 Å². The van der Waals surface area contributed by atoms with Crippen LogP contribution >= 0.6 is 34.5 Å². The van der Waals surface area contributed by atoms with Crippen molar-refractivity contribution in [3.8, 4) is 0 Å². The molecule has 2 aromatic rings. The molecule has 1 aromatic heterocycles. The summed E-state index contributed by atoms with van der Waals surface area (Å²) in [6, 6.07) is 2.42. The van der Waals surface area contributed by atoms with Crippen molar-refractivity contribution >= 4 is 55.6 Å². The lowest BCUT2D eigenvalue weighted by Gasteiger charge is -2.25. The molecule has 2 aliphatic rings. The zero-order valence-electron chi connectivity index (χ0n) is 16.2. The van der Waals surface area contributed by atoms with Crippen molar-refractivity contribution in [3.63, 3.8) is 0 Å². The molecule has 1 aromatic carbocycles. The summed E-state index contributed by atoms with van der Waals surface area (Å²) in [7, 11) is -3.82. The minimum atomic E-state index is -3.82. The van der Waals surface area contributed by atoms with Crippen molar-refractivity contribution in [2.45, 2.75) is 49.6 Å². The molecule has 2 heterocycles. The Morgan fingerprint density at radius 1 is 1.17 bits per heavy atom. The molecule has 1 aliphatic carbocycles. The number of benzene rings is 1. The molecule has 7 nitrogen and oxygen atoms in total. The number of aromatic nitrogens is 1. The fraction of sp³-hybridized carbons (Fsp3) is 0.474. The number of anilines is 1. The maximum atomic E-state index is 12.8. The van der Waals surface area contributed by atoms with E-state index in [0.717, 1.165) is 38.2 Å². The number of amides is 1. The minimum Gasteiger partial charge on any atom is -0.298 e. The number of halogens is 2. The molecule has 2 fully saturated rings. The first-order valence-electron chi connectivity index (χ1n) is 9.81. The number of piperidine rings is 1. The van der Waals surface area contributed by atoms with Gasteiger partial charge in [-0.3, -0.25) is 15.0 Å². The quantitative estimate of drug-likeness (QED) is 0.611. The Hall–Kier alpha value is -1.23. The standard InChI is InChI=1S/C19H22Cl2N4O3S2/c20-15-9-16(21)17(30(27,28)24-12-4-5-12)8-14(15)18(26)23-19-22-13(11-29-19)10-25-6-2-1-3-7-25/h8-9,11-12,24H,1-7,10H2,(H,22,23,26). The van der Waals surface area contributed by atoms with Gasteiger partial charge in [0.15, 0.2) is 5.13 Å². The summed E-state index contributed by atoms with van der Waals surface area (Å²) in [4.78, 5) is 19.4. The normalized spacial score (nSPS) is 17.8. The van der Waals surface area contributed by atoms with E-state index in [9.17, 15) is 13.2 Å². The number of nitrogens with one attached hydrogen (secondary N) is 2. The maximum Gasteiger partial charge on any atom is 0.259 e. The van der Waals surface area contributed by atoms with E-state index in [0.29, 0.717) is 5.13 Å². The molecular weight excluding hydrogens is 467 g/mol. The first-order chi connectivity index (χ1) is 14.3. The lowest BCUT2D eigenvalue weighted by atomic mass is 10.1. The number of sulfonamides is 1. The molecule has 1 saturated heterocycles. The lowest BCUT2D eigenvalue weighted by molar-refractivity contribution is 0.102.